The summed E-state index contributed by atoms with van der Waals surface area (Å²) in [5, 5.41) is 3.33. The van der Waals surface area contributed by atoms with Crippen LogP contribution in [0.4, 0.5) is 0 Å². The van der Waals surface area contributed by atoms with Gasteiger partial charge in [-0.1, -0.05) is 12.2 Å². The van der Waals surface area contributed by atoms with E-state index in [0.29, 0.717) is 0 Å². The molecule has 1 heterocycles. The van der Waals surface area contributed by atoms with Crippen molar-refractivity contribution >= 4 is 11.6 Å². The van der Waals surface area contributed by atoms with Crippen LogP contribution < -0.4 is 5.32 Å². The molecule has 1 rings (SSSR count). The van der Waals surface area contributed by atoms with E-state index in [4.69, 9.17) is 11.6 Å². The molecular formula is C5H8ClN. The summed E-state index contributed by atoms with van der Waals surface area (Å²) in [6.07, 6.45) is 4.05. The van der Waals surface area contributed by atoms with Gasteiger partial charge in [0.15, 0.2) is 0 Å². The van der Waals surface area contributed by atoms with Crippen LogP contribution in [0.1, 0.15) is 0 Å². The van der Waals surface area contributed by atoms with Crippen LogP contribution in [0.3, 0.4) is 0 Å². The highest BCUT2D eigenvalue weighted by Gasteiger charge is 1.99. The van der Waals surface area contributed by atoms with Gasteiger partial charge in [0, 0.05) is 13.1 Å². The Morgan fingerprint density at radius 2 is 2.57 bits per heavy atom. The second-order valence-electron chi connectivity index (χ2n) is 1.60. The van der Waals surface area contributed by atoms with Gasteiger partial charge >= 0.3 is 0 Å². The van der Waals surface area contributed by atoms with E-state index >= 15 is 0 Å². The van der Waals surface area contributed by atoms with Crippen LogP contribution >= 0.6 is 11.6 Å². The summed E-state index contributed by atoms with van der Waals surface area (Å²) in [7, 11) is 0. The van der Waals surface area contributed by atoms with Crippen LogP contribution in [-0.4, -0.2) is 18.5 Å². The molecule has 0 amide bonds. The molecule has 1 nitrogen and oxygen atoms in total. The Morgan fingerprint density at radius 1 is 1.71 bits per heavy atom. The molecule has 0 bridgehead atoms. The molecule has 40 valence electrons. The van der Waals surface area contributed by atoms with Gasteiger partial charge in [-0.3, -0.25) is 0 Å². The molecule has 7 heavy (non-hydrogen) atoms. The molecule has 0 saturated carbocycles. The topological polar surface area (TPSA) is 12.0 Å². The largest absolute Gasteiger partial charge is 0.311 e. The first-order valence-corrected chi connectivity index (χ1v) is 2.84. The van der Waals surface area contributed by atoms with E-state index in [1.165, 1.54) is 0 Å². The molecule has 1 atom stereocenters. The first kappa shape index (κ1) is 5.13. The fourth-order valence-corrected chi connectivity index (χ4v) is 0.800. The van der Waals surface area contributed by atoms with Crippen molar-refractivity contribution in [2.75, 3.05) is 13.1 Å². The Balaban J connectivity index is 2.36. The standard InChI is InChI=1S/C5H8ClN/c6-5-2-1-3-7-4-5/h1-2,5,7H,3-4H2/t5-/m0/s1. The first-order valence-electron chi connectivity index (χ1n) is 2.41. The summed E-state index contributed by atoms with van der Waals surface area (Å²) in [4.78, 5) is 0. The minimum atomic E-state index is 0.216. The number of nitrogens with one attached hydrogen (secondary N) is 1. The minimum Gasteiger partial charge on any atom is -0.311 e. The van der Waals surface area contributed by atoms with E-state index < -0.39 is 0 Å². The van der Waals surface area contributed by atoms with Gasteiger partial charge in [0.1, 0.15) is 0 Å². The Kier molecular flexibility index (Phi) is 1.71. The van der Waals surface area contributed by atoms with Gasteiger partial charge in [0.05, 0.1) is 5.38 Å². The lowest BCUT2D eigenvalue weighted by molar-refractivity contribution is 0.733. The Labute approximate surface area is 48.4 Å². The van der Waals surface area contributed by atoms with Crippen molar-refractivity contribution in [3.63, 3.8) is 0 Å². The maximum absolute atomic E-state index is 5.67. The zero-order valence-corrected chi connectivity index (χ0v) is 4.78. The lowest BCUT2D eigenvalue weighted by Gasteiger charge is -2.08. The summed E-state index contributed by atoms with van der Waals surface area (Å²) in [6.45, 7) is 1.89. The van der Waals surface area contributed by atoms with Gasteiger partial charge in [-0.05, 0) is 0 Å². The van der Waals surface area contributed by atoms with Gasteiger partial charge in [0.25, 0.3) is 0 Å². The number of hydrogen-bond donors (Lipinski definition) is 1. The fraction of sp³-hybridized carbons (Fsp3) is 0.600. The van der Waals surface area contributed by atoms with E-state index in [2.05, 4.69) is 5.32 Å². The molecule has 1 aliphatic heterocycles. The summed E-state index contributed by atoms with van der Waals surface area (Å²) in [5.74, 6) is 0. The van der Waals surface area contributed by atoms with Crippen LogP contribution in [0, 0.1) is 0 Å². The van der Waals surface area contributed by atoms with Crippen LogP contribution in [0.25, 0.3) is 0 Å². The molecule has 0 saturated heterocycles. The average Bonchev–Trinajstić information content (AvgIpc) is 1.69. The van der Waals surface area contributed by atoms with E-state index in [0.717, 1.165) is 13.1 Å². The smallest absolute Gasteiger partial charge is 0.0641 e. The molecule has 0 aromatic rings. The van der Waals surface area contributed by atoms with Crippen molar-refractivity contribution in [2.45, 2.75) is 5.38 Å². The third-order valence-corrected chi connectivity index (χ3v) is 1.25. The van der Waals surface area contributed by atoms with E-state index in [1.54, 1.807) is 0 Å². The van der Waals surface area contributed by atoms with Crippen molar-refractivity contribution < 1.29 is 0 Å². The highest BCUT2D eigenvalue weighted by Crippen LogP contribution is 1.98. The van der Waals surface area contributed by atoms with Crippen LogP contribution in [0.15, 0.2) is 12.2 Å². The summed E-state index contributed by atoms with van der Waals surface area (Å²) < 4.78 is 0. The third-order valence-electron chi connectivity index (χ3n) is 0.946. The molecule has 0 aromatic heterocycles. The highest BCUT2D eigenvalue weighted by atomic mass is 35.5. The molecule has 1 N–H and O–H groups in total. The van der Waals surface area contributed by atoms with E-state index in [-0.39, 0.29) is 5.38 Å². The number of alkyl halides is 1. The predicted octanol–water partition coefficient (Wildman–Crippen LogP) is 0.753. The van der Waals surface area contributed by atoms with Gasteiger partial charge < -0.3 is 5.32 Å². The molecule has 0 spiro atoms. The van der Waals surface area contributed by atoms with Gasteiger partial charge in [0.2, 0.25) is 0 Å². The van der Waals surface area contributed by atoms with Gasteiger partial charge in [-0.2, -0.15) is 0 Å². The molecule has 0 aliphatic carbocycles. The lowest BCUT2D eigenvalue weighted by Crippen LogP contribution is -2.25. The molecule has 2 heteroatoms. The van der Waals surface area contributed by atoms with Gasteiger partial charge in [-0.25, -0.2) is 0 Å². The van der Waals surface area contributed by atoms with Crippen molar-refractivity contribution in [1.82, 2.24) is 5.32 Å². The molecular weight excluding hydrogens is 110 g/mol. The minimum absolute atomic E-state index is 0.216. The highest BCUT2D eigenvalue weighted by molar-refractivity contribution is 6.22. The third kappa shape index (κ3) is 1.49. The Hall–Kier alpha value is -0.0100. The molecule has 0 radical (unpaired) electrons. The maximum atomic E-state index is 5.67. The first-order chi connectivity index (χ1) is 3.39. The summed E-state index contributed by atoms with van der Waals surface area (Å²) >= 11 is 5.67. The Bertz CT molecular complexity index is 80.1. The number of halogens is 1. The number of hydrogen-bond acceptors (Lipinski definition) is 1. The van der Waals surface area contributed by atoms with Crippen molar-refractivity contribution in [1.29, 1.82) is 0 Å². The maximum Gasteiger partial charge on any atom is 0.0641 e. The van der Waals surface area contributed by atoms with Crippen LogP contribution in [0.2, 0.25) is 0 Å². The van der Waals surface area contributed by atoms with Crippen LogP contribution in [0.5, 0.6) is 0 Å². The van der Waals surface area contributed by atoms with Crippen molar-refractivity contribution in [3.05, 3.63) is 12.2 Å². The van der Waals surface area contributed by atoms with Crippen molar-refractivity contribution in [2.24, 2.45) is 0 Å². The molecule has 0 unspecified atom stereocenters. The zero-order chi connectivity index (χ0) is 5.11. The van der Waals surface area contributed by atoms with Crippen LogP contribution in [-0.2, 0) is 0 Å². The number of rotatable bonds is 0. The second-order valence-corrected chi connectivity index (χ2v) is 2.16. The lowest BCUT2D eigenvalue weighted by atomic mass is 10.3. The fourth-order valence-electron chi connectivity index (χ4n) is 0.588. The van der Waals surface area contributed by atoms with Crippen molar-refractivity contribution in [3.8, 4) is 0 Å². The summed E-state index contributed by atoms with van der Waals surface area (Å²) in [6, 6.07) is 0. The SMILES string of the molecule is Cl[C@H]1C=CCNC1. The van der Waals surface area contributed by atoms with E-state index in [9.17, 15) is 0 Å². The van der Waals surface area contributed by atoms with E-state index in [1.807, 2.05) is 12.2 Å². The summed E-state index contributed by atoms with van der Waals surface area (Å²) in [5.41, 5.74) is 0. The molecule has 1 aliphatic rings. The normalized spacial score (nSPS) is 30.7. The monoisotopic (exact) mass is 117 g/mol. The Morgan fingerprint density at radius 3 is 2.86 bits per heavy atom. The predicted molar refractivity (Wildman–Crippen MR) is 31.7 cm³/mol. The average molecular weight is 118 g/mol. The molecule has 0 fully saturated rings. The second kappa shape index (κ2) is 2.34. The quantitative estimate of drug-likeness (QED) is 0.365. The molecule has 0 aromatic carbocycles. The van der Waals surface area contributed by atoms with Gasteiger partial charge in [-0.15, -0.1) is 11.6 Å². The zero-order valence-electron chi connectivity index (χ0n) is 4.02.